The number of rotatable bonds is 4. The smallest absolute Gasteiger partial charge is 0.295 e. The summed E-state index contributed by atoms with van der Waals surface area (Å²) in [6, 6.07) is 7.49. The predicted octanol–water partition coefficient (Wildman–Crippen LogP) is 2.74. The van der Waals surface area contributed by atoms with Gasteiger partial charge in [0, 0.05) is 24.0 Å². The Bertz CT molecular complexity index is 1010. The van der Waals surface area contributed by atoms with Crippen molar-refractivity contribution in [3.8, 4) is 11.3 Å². The molecule has 0 spiro atoms. The molecule has 1 aliphatic heterocycles. The lowest BCUT2D eigenvalue weighted by molar-refractivity contribution is -0.130. The summed E-state index contributed by atoms with van der Waals surface area (Å²) in [5.74, 6) is -0.408. The van der Waals surface area contributed by atoms with Gasteiger partial charge >= 0.3 is 0 Å². The number of nitrogens with one attached hydrogen (secondary N) is 1. The number of Topliss-reactive ketones (excluding diaryl/α,β-unsaturated/α-hetero) is 1. The summed E-state index contributed by atoms with van der Waals surface area (Å²) in [5.41, 5.74) is 3.29. The highest BCUT2D eigenvalue weighted by atomic mass is 16.5. The molecule has 140 valence electrons. The summed E-state index contributed by atoms with van der Waals surface area (Å²) in [4.78, 5) is 31.0. The van der Waals surface area contributed by atoms with Crippen LogP contribution in [0.1, 0.15) is 28.7 Å². The van der Waals surface area contributed by atoms with E-state index in [4.69, 9.17) is 9.26 Å². The molecule has 0 unspecified atom stereocenters. The molecule has 1 saturated heterocycles. The van der Waals surface area contributed by atoms with Crippen molar-refractivity contribution >= 4 is 22.6 Å². The van der Waals surface area contributed by atoms with E-state index < -0.39 is 11.7 Å². The van der Waals surface area contributed by atoms with E-state index in [0.717, 1.165) is 22.2 Å². The van der Waals surface area contributed by atoms with E-state index >= 15 is 0 Å². The first-order valence-electron chi connectivity index (χ1n) is 9.09. The highest BCUT2D eigenvalue weighted by Gasteiger charge is 2.31. The molecule has 0 atom stereocenters. The zero-order valence-corrected chi connectivity index (χ0v) is 15.4. The molecule has 0 aliphatic carbocycles. The molecule has 0 radical (unpaired) electrons. The molecule has 4 rings (SSSR count). The lowest BCUT2D eigenvalue weighted by Crippen LogP contribution is -2.44. The van der Waals surface area contributed by atoms with Crippen LogP contribution in [0.5, 0.6) is 0 Å². The quantitative estimate of drug-likeness (QED) is 0.566. The van der Waals surface area contributed by atoms with Crippen molar-refractivity contribution in [2.24, 2.45) is 0 Å². The molecule has 27 heavy (non-hydrogen) atoms. The number of amides is 1. The minimum Gasteiger partial charge on any atom is -0.378 e. The van der Waals surface area contributed by atoms with Gasteiger partial charge in [0.15, 0.2) is 0 Å². The molecular weight excluding hydrogens is 346 g/mol. The summed E-state index contributed by atoms with van der Waals surface area (Å²) >= 11 is 0. The lowest BCUT2D eigenvalue weighted by Gasteiger charge is -2.26. The van der Waals surface area contributed by atoms with Crippen LogP contribution in [0, 0.1) is 6.92 Å². The van der Waals surface area contributed by atoms with Crippen molar-refractivity contribution in [2.45, 2.75) is 20.3 Å². The van der Waals surface area contributed by atoms with Crippen molar-refractivity contribution < 1.29 is 18.8 Å². The minimum atomic E-state index is -0.521. The Morgan fingerprint density at radius 1 is 1.22 bits per heavy atom. The number of aryl methyl sites for hydroxylation is 2. The van der Waals surface area contributed by atoms with E-state index in [2.05, 4.69) is 10.1 Å². The summed E-state index contributed by atoms with van der Waals surface area (Å²) in [6.45, 7) is 5.54. The first-order chi connectivity index (χ1) is 13.1. The maximum absolute atomic E-state index is 13.2. The van der Waals surface area contributed by atoms with Crippen molar-refractivity contribution in [3.05, 3.63) is 41.3 Å². The first kappa shape index (κ1) is 17.5. The molecular formula is C20H21N3O4. The second-order valence-electron chi connectivity index (χ2n) is 6.57. The number of hydrogen-bond acceptors (Lipinski definition) is 5. The van der Waals surface area contributed by atoms with Crippen molar-refractivity contribution in [1.29, 1.82) is 0 Å². The standard InChI is InChI=1S/C20H21N3O4/c1-3-14-16(12(2)27-22-14)18-17(13-6-4-5-7-15(13)21-18)19(24)20(25)23-8-10-26-11-9-23/h4-7,21H,3,8-11H2,1-2H3. The maximum Gasteiger partial charge on any atom is 0.295 e. The van der Waals surface area contributed by atoms with Crippen LogP contribution in [-0.2, 0) is 16.0 Å². The molecule has 1 fully saturated rings. The number of benzene rings is 1. The number of para-hydroxylation sites is 1. The van der Waals surface area contributed by atoms with Gasteiger partial charge in [-0.15, -0.1) is 0 Å². The number of aromatic nitrogens is 2. The van der Waals surface area contributed by atoms with Gasteiger partial charge in [-0.2, -0.15) is 0 Å². The Kier molecular flexibility index (Phi) is 4.53. The van der Waals surface area contributed by atoms with E-state index in [0.29, 0.717) is 49.7 Å². The predicted molar refractivity (Wildman–Crippen MR) is 99.6 cm³/mol. The molecule has 7 heteroatoms. The monoisotopic (exact) mass is 367 g/mol. The average Bonchev–Trinajstić information content (AvgIpc) is 3.27. The third-order valence-electron chi connectivity index (χ3n) is 4.94. The van der Waals surface area contributed by atoms with Crippen LogP contribution in [0.3, 0.4) is 0 Å². The number of H-pyrrole nitrogens is 1. The second kappa shape index (κ2) is 7.00. The van der Waals surface area contributed by atoms with E-state index in [1.165, 1.54) is 0 Å². The zero-order valence-electron chi connectivity index (χ0n) is 15.4. The normalized spacial score (nSPS) is 14.7. The summed E-state index contributed by atoms with van der Waals surface area (Å²) in [6.07, 6.45) is 0.660. The van der Waals surface area contributed by atoms with Gasteiger partial charge in [-0.05, 0) is 19.4 Å². The zero-order chi connectivity index (χ0) is 19.0. The Balaban J connectivity index is 1.87. The largest absolute Gasteiger partial charge is 0.378 e. The summed E-state index contributed by atoms with van der Waals surface area (Å²) in [5, 5.41) is 4.82. The summed E-state index contributed by atoms with van der Waals surface area (Å²) < 4.78 is 10.6. The van der Waals surface area contributed by atoms with Crippen LogP contribution < -0.4 is 0 Å². The number of carbonyl (C=O) groups is 2. The highest BCUT2D eigenvalue weighted by Crippen LogP contribution is 2.35. The Hall–Kier alpha value is -2.93. The van der Waals surface area contributed by atoms with E-state index in [1.54, 1.807) is 4.90 Å². The number of ether oxygens (including phenoxy) is 1. The van der Waals surface area contributed by atoms with Gasteiger partial charge < -0.3 is 19.1 Å². The number of ketones is 1. The van der Waals surface area contributed by atoms with Crippen LogP contribution >= 0.6 is 0 Å². The van der Waals surface area contributed by atoms with Gasteiger partial charge in [-0.3, -0.25) is 9.59 Å². The van der Waals surface area contributed by atoms with Crippen molar-refractivity contribution in [2.75, 3.05) is 26.3 Å². The van der Waals surface area contributed by atoms with Crippen molar-refractivity contribution in [3.63, 3.8) is 0 Å². The Morgan fingerprint density at radius 2 is 1.96 bits per heavy atom. The number of hydrogen-bond donors (Lipinski definition) is 1. The number of carbonyl (C=O) groups excluding carboxylic acids is 2. The number of aromatic amines is 1. The molecule has 0 bridgehead atoms. The number of fused-ring (bicyclic) bond motifs is 1. The molecule has 3 heterocycles. The SMILES string of the molecule is CCc1noc(C)c1-c1[nH]c2ccccc2c1C(=O)C(=O)N1CCOCC1. The van der Waals surface area contributed by atoms with E-state index in [-0.39, 0.29) is 0 Å². The highest BCUT2D eigenvalue weighted by molar-refractivity contribution is 6.46. The molecule has 1 amide bonds. The lowest BCUT2D eigenvalue weighted by atomic mass is 9.99. The topological polar surface area (TPSA) is 88.4 Å². The van der Waals surface area contributed by atoms with Crippen LogP contribution in [0.15, 0.2) is 28.8 Å². The van der Waals surface area contributed by atoms with Gasteiger partial charge in [0.1, 0.15) is 5.76 Å². The second-order valence-corrected chi connectivity index (χ2v) is 6.57. The van der Waals surface area contributed by atoms with Gasteiger partial charge in [-0.25, -0.2) is 0 Å². The van der Waals surface area contributed by atoms with Crippen LogP contribution in [0.2, 0.25) is 0 Å². The maximum atomic E-state index is 13.2. The Morgan fingerprint density at radius 3 is 2.70 bits per heavy atom. The molecule has 2 aromatic heterocycles. The average molecular weight is 367 g/mol. The van der Waals surface area contributed by atoms with E-state index in [9.17, 15) is 9.59 Å². The van der Waals surface area contributed by atoms with Gasteiger partial charge in [-0.1, -0.05) is 30.3 Å². The molecule has 3 aromatic rings. The molecule has 1 aromatic carbocycles. The molecule has 1 aliphatic rings. The third-order valence-corrected chi connectivity index (χ3v) is 4.94. The molecule has 1 N–H and O–H groups in total. The fourth-order valence-corrected chi connectivity index (χ4v) is 3.56. The fourth-order valence-electron chi connectivity index (χ4n) is 3.56. The van der Waals surface area contributed by atoms with Gasteiger partial charge in [0.25, 0.3) is 11.7 Å². The first-order valence-corrected chi connectivity index (χ1v) is 9.09. The van der Waals surface area contributed by atoms with Gasteiger partial charge in [0.05, 0.1) is 35.7 Å². The number of morpholine rings is 1. The van der Waals surface area contributed by atoms with Crippen molar-refractivity contribution in [1.82, 2.24) is 15.0 Å². The number of nitrogens with zero attached hydrogens (tertiary/aromatic N) is 2. The Labute approximate surface area is 156 Å². The van der Waals surface area contributed by atoms with Crippen LogP contribution in [-0.4, -0.2) is 53.0 Å². The van der Waals surface area contributed by atoms with Crippen LogP contribution in [0.25, 0.3) is 22.2 Å². The third kappa shape index (κ3) is 2.94. The fraction of sp³-hybridized carbons (Fsp3) is 0.350. The van der Waals surface area contributed by atoms with Crippen LogP contribution in [0.4, 0.5) is 0 Å². The molecule has 7 nitrogen and oxygen atoms in total. The summed E-state index contributed by atoms with van der Waals surface area (Å²) in [7, 11) is 0. The van der Waals surface area contributed by atoms with E-state index in [1.807, 2.05) is 38.1 Å². The minimum absolute atomic E-state index is 0.378. The van der Waals surface area contributed by atoms with Gasteiger partial charge in [0.2, 0.25) is 0 Å². The molecule has 0 saturated carbocycles.